The fourth-order valence-electron chi connectivity index (χ4n) is 3.60. The topological polar surface area (TPSA) is 50.2 Å². The summed E-state index contributed by atoms with van der Waals surface area (Å²) in [7, 11) is 1.86. The standard InChI is InChI=1S/C15H24N4O/c1-11-13(10-18(2)17-11)15(20)19-8-5-12(6-9-19)14-4-3-7-16-14/h10,12,14,16H,3-9H2,1-2H3. The van der Waals surface area contributed by atoms with Crippen LogP contribution in [0.15, 0.2) is 6.20 Å². The van der Waals surface area contributed by atoms with Crippen molar-refractivity contribution in [1.82, 2.24) is 20.0 Å². The van der Waals surface area contributed by atoms with E-state index in [0.717, 1.165) is 43.1 Å². The van der Waals surface area contributed by atoms with Crippen LogP contribution in [0.25, 0.3) is 0 Å². The zero-order valence-corrected chi connectivity index (χ0v) is 12.4. The van der Waals surface area contributed by atoms with Crippen LogP contribution in [0.4, 0.5) is 0 Å². The minimum absolute atomic E-state index is 0.147. The zero-order valence-electron chi connectivity index (χ0n) is 12.4. The molecular weight excluding hydrogens is 252 g/mol. The second kappa shape index (κ2) is 5.56. The molecule has 110 valence electrons. The van der Waals surface area contributed by atoms with Crippen molar-refractivity contribution in [2.75, 3.05) is 19.6 Å². The van der Waals surface area contributed by atoms with Gasteiger partial charge in [0.1, 0.15) is 0 Å². The normalized spacial score (nSPS) is 24.3. The number of amides is 1. The molecule has 3 heterocycles. The molecule has 1 aromatic rings. The average Bonchev–Trinajstić information content (AvgIpc) is 3.08. The van der Waals surface area contributed by atoms with Crippen molar-refractivity contribution in [3.05, 3.63) is 17.5 Å². The van der Waals surface area contributed by atoms with Gasteiger partial charge < -0.3 is 10.2 Å². The molecule has 2 aliphatic heterocycles. The summed E-state index contributed by atoms with van der Waals surface area (Å²) in [6.45, 7) is 4.84. The van der Waals surface area contributed by atoms with Gasteiger partial charge >= 0.3 is 0 Å². The number of rotatable bonds is 2. The summed E-state index contributed by atoms with van der Waals surface area (Å²) >= 11 is 0. The molecule has 2 saturated heterocycles. The number of likely N-dealkylation sites (tertiary alicyclic amines) is 1. The number of carbonyl (C=O) groups excluding carboxylic acids is 1. The maximum Gasteiger partial charge on any atom is 0.257 e. The third-order valence-corrected chi connectivity index (χ3v) is 4.74. The van der Waals surface area contributed by atoms with Gasteiger partial charge in [-0.3, -0.25) is 9.48 Å². The monoisotopic (exact) mass is 276 g/mol. The first-order valence-corrected chi connectivity index (χ1v) is 7.68. The molecule has 0 saturated carbocycles. The Balaban J connectivity index is 1.60. The molecule has 0 aromatic carbocycles. The van der Waals surface area contributed by atoms with Crippen LogP contribution in [0.1, 0.15) is 41.7 Å². The van der Waals surface area contributed by atoms with Crippen LogP contribution < -0.4 is 5.32 Å². The zero-order chi connectivity index (χ0) is 14.1. The first kappa shape index (κ1) is 13.6. The van der Waals surface area contributed by atoms with Crippen LogP contribution in [-0.4, -0.2) is 46.3 Å². The molecule has 2 aliphatic rings. The van der Waals surface area contributed by atoms with Gasteiger partial charge in [-0.15, -0.1) is 0 Å². The number of nitrogens with zero attached hydrogens (tertiary/aromatic N) is 3. The molecule has 5 nitrogen and oxygen atoms in total. The smallest absolute Gasteiger partial charge is 0.257 e. The number of hydrogen-bond donors (Lipinski definition) is 1. The van der Waals surface area contributed by atoms with Crippen LogP contribution in [0, 0.1) is 12.8 Å². The second-order valence-corrected chi connectivity index (χ2v) is 6.13. The summed E-state index contributed by atoms with van der Waals surface area (Å²) in [6, 6.07) is 0.687. The Morgan fingerprint density at radius 3 is 2.65 bits per heavy atom. The molecule has 2 fully saturated rings. The van der Waals surface area contributed by atoms with Crippen molar-refractivity contribution in [2.24, 2.45) is 13.0 Å². The summed E-state index contributed by atoms with van der Waals surface area (Å²) in [4.78, 5) is 14.5. The van der Waals surface area contributed by atoms with E-state index in [1.165, 1.54) is 19.4 Å². The van der Waals surface area contributed by atoms with Crippen LogP contribution in [-0.2, 0) is 7.05 Å². The molecule has 1 amide bonds. The van der Waals surface area contributed by atoms with Crippen molar-refractivity contribution in [1.29, 1.82) is 0 Å². The Bertz CT molecular complexity index is 482. The third-order valence-electron chi connectivity index (χ3n) is 4.74. The van der Waals surface area contributed by atoms with Crippen molar-refractivity contribution in [2.45, 2.75) is 38.6 Å². The highest BCUT2D eigenvalue weighted by Gasteiger charge is 2.30. The minimum Gasteiger partial charge on any atom is -0.339 e. The van der Waals surface area contributed by atoms with E-state index in [1.807, 2.05) is 25.1 Å². The van der Waals surface area contributed by atoms with Gasteiger partial charge in [0.05, 0.1) is 11.3 Å². The van der Waals surface area contributed by atoms with E-state index in [1.54, 1.807) is 4.68 Å². The fraction of sp³-hybridized carbons (Fsp3) is 0.733. The van der Waals surface area contributed by atoms with Crippen molar-refractivity contribution < 1.29 is 4.79 Å². The summed E-state index contributed by atoms with van der Waals surface area (Å²) in [5.41, 5.74) is 1.59. The lowest BCUT2D eigenvalue weighted by molar-refractivity contribution is 0.0673. The molecule has 0 aliphatic carbocycles. The Hall–Kier alpha value is -1.36. The number of aromatic nitrogens is 2. The highest BCUT2D eigenvalue weighted by molar-refractivity contribution is 5.95. The lowest BCUT2D eigenvalue weighted by atomic mass is 9.88. The number of hydrogen-bond acceptors (Lipinski definition) is 3. The van der Waals surface area contributed by atoms with E-state index < -0.39 is 0 Å². The van der Waals surface area contributed by atoms with Gasteiger partial charge in [0.25, 0.3) is 5.91 Å². The number of piperidine rings is 1. The molecule has 20 heavy (non-hydrogen) atoms. The number of carbonyl (C=O) groups is 1. The van der Waals surface area contributed by atoms with Crippen molar-refractivity contribution in [3.63, 3.8) is 0 Å². The summed E-state index contributed by atoms with van der Waals surface area (Å²) in [6.07, 6.45) is 6.70. The predicted octanol–water partition coefficient (Wildman–Crippen LogP) is 1.33. The molecule has 0 radical (unpaired) electrons. The maximum atomic E-state index is 12.5. The van der Waals surface area contributed by atoms with Gasteiger partial charge in [-0.05, 0) is 45.1 Å². The van der Waals surface area contributed by atoms with Crippen LogP contribution in [0.3, 0.4) is 0 Å². The quantitative estimate of drug-likeness (QED) is 0.886. The molecule has 0 spiro atoms. The largest absolute Gasteiger partial charge is 0.339 e. The highest BCUT2D eigenvalue weighted by atomic mass is 16.2. The molecule has 1 N–H and O–H groups in total. The van der Waals surface area contributed by atoms with Gasteiger partial charge in [-0.1, -0.05) is 0 Å². The van der Waals surface area contributed by atoms with E-state index in [4.69, 9.17) is 0 Å². The van der Waals surface area contributed by atoms with Gasteiger partial charge in [0.2, 0.25) is 0 Å². The third kappa shape index (κ3) is 2.59. The molecule has 0 bridgehead atoms. The molecular formula is C15H24N4O. The first-order chi connectivity index (χ1) is 9.65. The van der Waals surface area contributed by atoms with Gasteiger partial charge in [-0.25, -0.2) is 0 Å². The summed E-state index contributed by atoms with van der Waals surface area (Å²) < 4.78 is 1.72. The number of nitrogens with one attached hydrogen (secondary N) is 1. The summed E-state index contributed by atoms with van der Waals surface area (Å²) in [5.74, 6) is 0.893. The van der Waals surface area contributed by atoms with Crippen molar-refractivity contribution in [3.8, 4) is 0 Å². The van der Waals surface area contributed by atoms with Crippen molar-refractivity contribution >= 4 is 5.91 Å². The van der Waals surface area contributed by atoms with Crippen LogP contribution >= 0.6 is 0 Å². The van der Waals surface area contributed by atoms with Gasteiger partial charge in [0.15, 0.2) is 0 Å². The Kier molecular flexibility index (Phi) is 3.78. The molecule has 1 unspecified atom stereocenters. The predicted molar refractivity (Wildman–Crippen MR) is 77.6 cm³/mol. The second-order valence-electron chi connectivity index (χ2n) is 6.13. The Labute approximate surface area is 120 Å². The van der Waals surface area contributed by atoms with Gasteiger partial charge in [-0.2, -0.15) is 5.10 Å². The first-order valence-electron chi connectivity index (χ1n) is 7.68. The van der Waals surface area contributed by atoms with E-state index in [0.29, 0.717) is 6.04 Å². The molecule has 3 rings (SSSR count). The summed E-state index contributed by atoms with van der Waals surface area (Å²) in [5, 5.41) is 7.86. The van der Waals surface area contributed by atoms with Crippen LogP contribution in [0.5, 0.6) is 0 Å². The fourth-order valence-corrected chi connectivity index (χ4v) is 3.60. The molecule has 1 atom stereocenters. The van der Waals surface area contributed by atoms with Gasteiger partial charge in [0, 0.05) is 32.4 Å². The molecule has 5 heteroatoms. The van der Waals surface area contributed by atoms with E-state index in [-0.39, 0.29) is 5.91 Å². The highest BCUT2D eigenvalue weighted by Crippen LogP contribution is 2.26. The lowest BCUT2D eigenvalue weighted by Crippen LogP contribution is -2.43. The average molecular weight is 276 g/mol. The Morgan fingerprint density at radius 2 is 2.10 bits per heavy atom. The minimum atomic E-state index is 0.147. The van der Waals surface area contributed by atoms with E-state index in [9.17, 15) is 4.79 Å². The molecule has 1 aromatic heterocycles. The van der Waals surface area contributed by atoms with E-state index in [2.05, 4.69) is 10.4 Å². The van der Waals surface area contributed by atoms with Crippen LogP contribution in [0.2, 0.25) is 0 Å². The van der Waals surface area contributed by atoms with E-state index >= 15 is 0 Å². The Morgan fingerprint density at radius 1 is 1.35 bits per heavy atom. The lowest BCUT2D eigenvalue weighted by Gasteiger charge is -2.34. The maximum absolute atomic E-state index is 12.5. The number of aryl methyl sites for hydroxylation is 2. The SMILES string of the molecule is Cc1nn(C)cc1C(=O)N1CCC(C2CCCN2)CC1.